The van der Waals surface area contributed by atoms with Crippen molar-refractivity contribution in [3.63, 3.8) is 0 Å². The lowest BCUT2D eigenvalue weighted by Crippen LogP contribution is -2.27. The topological polar surface area (TPSA) is 55.8 Å². The lowest BCUT2D eigenvalue weighted by atomic mass is 9.69. The van der Waals surface area contributed by atoms with E-state index in [1.807, 2.05) is 0 Å². The number of ether oxygens (including phenoxy) is 2. The molecule has 2 aromatic rings. The Bertz CT molecular complexity index is 748. The molecule has 0 saturated carbocycles. The van der Waals surface area contributed by atoms with Gasteiger partial charge in [-0.2, -0.15) is 0 Å². The number of unbranched alkanes of at least 4 members (excludes halogenated alkanes) is 8. The number of carbonyl (C=O) groups is 1. The van der Waals surface area contributed by atoms with Crippen LogP contribution >= 0.6 is 0 Å². The fraction of sp³-hybridized carbons (Fsp3) is 0.552. The molecule has 0 saturated heterocycles. The molecule has 2 rings (SSSR count). The Hall–Kier alpha value is -2.49. The van der Waals surface area contributed by atoms with Gasteiger partial charge in [-0.3, -0.25) is 4.79 Å². The molecular weight excluding hydrogens is 412 g/mol. The van der Waals surface area contributed by atoms with Gasteiger partial charge in [0.1, 0.15) is 11.5 Å². The highest BCUT2D eigenvalue weighted by Gasteiger charge is 2.32. The lowest BCUT2D eigenvalue weighted by molar-refractivity contribution is -0.137. The fourth-order valence-electron chi connectivity index (χ4n) is 4.80. The Balaban J connectivity index is 1.91. The molecule has 33 heavy (non-hydrogen) atoms. The van der Waals surface area contributed by atoms with Crippen LogP contribution in [0.5, 0.6) is 11.5 Å². The van der Waals surface area contributed by atoms with E-state index in [4.69, 9.17) is 14.6 Å². The van der Waals surface area contributed by atoms with Crippen LogP contribution in [0.3, 0.4) is 0 Å². The fourth-order valence-corrected chi connectivity index (χ4v) is 4.80. The lowest BCUT2D eigenvalue weighted by Gasteiger charge is -2.35. The van der Waals surface area contributed by atoms with Crippen molar-refractivity contribution < 1.29 is 19.4 Å². The second kappa shape index (κ2) is 14.6. The summed E-state index contributed by atoms with van der Waals surface area (Å²) in [4.78, 5) is 10.6. The molecule has 0 aliphatic rings. The molecule has 0 radical (unpaired) electrons. The number of methoxy groups -OCH3 is 2. The number of hydrogen-bond acceptors (Lipinski definition) is 3. The zero-order valence-corrected chi connectivity index (χ0v) is 20.8. The van der Waals surface area contributed by atoms with Gasteiger partial charge >= 0.3 is 5.97 Å². The molecule has 4 nitrogen and oxygen atoms in total. The van der Waals surface area contributed by atoms with Gasteiger partial charge in [-0.25, -0.2) is 0 Å². The van der Waals surface area contributed by atoms with Crippen molar-refractivity contribution >= 4 is 5.97 Å². The third-order valence-corrected chi connectivity index (χ3v) is 6.88. The first-order valence-corrected chi connectivity index (χ1v) is 12.6. The Morgan fingerprint density at radius 1 is 0.697 bits per heavy atom. The predicted molar refractivity (Wildman–Crippen MR) is 135 cm³/mol. The van der Waals surface area contributed by atoms with Crippen LogP contribution in [0.4, 0.5) is 0 Å². The first-order chi connectivity index (χ1) is 16.1. The second-order valence-electron chi connectivity index (χ2n) is 8.97. The summed E-state index contributed by atoms with van der Waals surface area (Å²) in [5.74, 6) is 1.10. The molecule has 0 aliphatic carbocycles. The van der Waals surface area contributed by atoms with Crippen molar-refractivity contribution in [1.29, 1.82) is 0 Å². The zero-order chi connectivity index (χ0) is 23.9. The summed E-state index contributed by atoms with van der Waals surface area (Å²) < 4.78 is 10.8. The number of hydrogen-bond donors (Lipinski definition) is 1. The summed E-state index contributed by atoms with van der Waals surface area (Å²) in [6.07, 6.45) is 12.9. The number of carboxylic acid groups (broad SMARTS) is 1. The largest absolute Gasteiger partial charge is 0.497 e. The standard InChI is InChI=1S/C29H42O4/c1-4-29(24-15-19-26(32-2)20-16-24,25-17-21-27(33-3)22-18-25)23-13-11-9-7-5-6-8-10-12-14-28(30)31/h15-22H,4-14,23H2,1-3H3,(H,30,31). The number of benzene rings is 2. The van der Waals surface area contributed by atoms with Crippen molar-refractivity contribution in [2.24, 2.45) is 0 Å². The molecule has 0 fully saturated rings. The van der Waals surface area contributed by atoms with Gasteiger partial charge < -0.3 is 14.6 Å². The van der Waals surface area contributed by atoms with Crippen LogP contribution in [0.1, 0.15) is 95.1 Å². The number of carboxylic acids is 1. The van der Waals surface area contributed by atoms with E-state index >= 15 is 0 Å². The van der Waals surface area contributed by atoms with Gasteiger partial charge in [0.15, 0.2) is 0 Å². The normalized spacial score (nSPS) is 11.4. The van der Waals surface area contributed by atoms with E-state index in [1.54, 1.807) is 14.2 Å². The van der Waals surface area contributed by atoms with Crippen LogP contribution in [0.2, 0.25) is 0 Å². The number of aliphatic carboxylic acids is 1. The summed E-state index contributed by atoms with van der Waals surface area (Å²) >= 11 is 0. The summed E-state index contributed by atoms with van der Waals surface area (Å²) in [6, 6.07) is 17.2. The predicted octanol–water partition coefficient (Wildman–Crippen LogP) is 7.78. The van der Waals surface area contributed by atoms with Crippen LogP contribution in [0.25, 0.3) is 0 Å². The second-order valence-corrected chi connectivity index (χ2v) is 8.97. The van der Waals surface area contributed by atoms with Gasteiger partial charge in [-0.1, -0.05) is 82.6 Å². The molecular formula is C29H42O4. The van der Waals surface area contributed by atoms with Gasteiger partial charge in [0.25, 0.3) is 0 Å². The van der Waals surface area contributed by atoms with Crippen LogP contribution in [-0.2, 0) is 10.2 Å². The van der Waals surface area contributed by atoms with Gasteiger partial charge in [-0.05, 0) is 54.7 Å². The van der Waals surface area contributed by atoms with Gasteiger partial charge in [0.05, 0.1) is 14.2 Å². The average Bonchev–Trinajstić information content (AvgIpc) is 2.85. The monoisotopic (exact) mass is 454 g/mol. The molecule has 0 aromatic heterocycles. The molecule has 0 spiro atoms. The number of rotatable bonds is 17. The first-order valence-electron chi connectivity index (χ1n) is 12.6. The van der Waals surface area contributed by atoms with Gasteiger partial charge in [0.2, 0.25) is 0 Å². The van der Waals surface area contributed by atoms with Gasteiger partial charge in [-0.15, -0.1) is 0 Å². The Kier molecular flexibility index (Phi) is 11.9. The SMILES string of the molecule is CCC(CCCCCCCCCCCC(=O)O)(c1ccc(OC)cc1)c1ccc(OC)cc1. The maximum atomic E-state index is 10.6. The van der Waals surface area contributed by atoms with E-state index in [2.05, 4.69) is 55.5 Å². The average molecular weight is 455 g/mol. The highest BCUT2D eigenvalue weighted by Crippen LogP contribution is 2.41. The summed E-state index contributed by atoms with van der Waals surface area (Å²) in [5, 5.41) is 8.69. The minimum atomic E-state index is -0.678. The molecule has 1 N–H and O–H groups in total. The molecule has 2 aromatic carbocycles. The highest BCUT2D eigenvalue weighted by molar-refractivity contribution is 5.66. The Morgan fingerprint density at radius 2 is 1.09 bits per heavy atom. The first kappa shape index (κ1) is 26.8. The van der Waals surface area contributed by atoms with E-state index in [9.17, 15) is 4.79 Å². The maximum absolute atomic E-state index is 10.6. The Labute approximate surface area is 200 Å². The van der Waals surface area contributed by atoms with Crippen molar-refractivity contribution in [2.45, 2.75) is 89.4 Å². The molecule has 0 atom stereocenters. The molecule has 0 amide bonds. The molecule has 0 heterocycles. The van der Waals surface area contributed by atoms with E-state index in [1.165, 1.54) is 49.7 Å². The summed E-state index contributed by atoms with van der Waals surface area (Å²) in [7, 11) is 3.42. The minimum Gasteiger partial charge on any atom is -0.497 e. The van der Waals surface area contributed by atoms with Crippen molar-refractivity contribution in [1.82, 2.24) is 0 Å². The van der Waals surface area contributed by atoms with Gasteiger partial charge in [0, 0.05) is 11.8 Å². The molecule has 4 heteroatoms. The molecule has 0 aliphatic heterocycles. The summed E-state index contributed by atoms with van der Waals surface area (Å²) in [5.41, 5.74) is 2.68. The van der Waals surface area contributed by atoms with Crippen LogP contribution < -0.4 is 9.47 Å². The van der Waals surface area contributed by atoms with E-state index in [-0.39, 0.29) is 5.41 Å². The van der Waals surface area contributed by atoms with E-state index in [0.29, 0.717) is 6.42 Å². The Morgan fingerprint density at radius 3 is 1.45 bits per heavy atom. The minimum absolute atomic E-state index is 0.0112. The zero-order valence-electron chi connectivity index (χ0n) is 20.8. The van der Waals surface area contributed by atoms with Crippen molar-refractivity contribution in [3.05, 3.63) is 59.7 Å². The van der Waals surface area contributed by atoms with E-state index < -0.39 is 5.97 Å². The van der Waals surface area contributed by atoms with Crippen LogP contribution in [0.15, 0.2) is 48.5 Å². The molecule has 0 bridgehead atoms. The smallest absolute Gasteiger partial charge is 0.303 e. The third-order valence-electron chi connectivity index (χ3n) is 6.88. The van der Waals surface area contributed by atoms with Crippen molar-refractivity contribution in [2.75, 3.05) is 14.2 Å². The van der Waals surface area contributed by atoms with E-state index in [0.717, 1.165) is 43.6 Å². The van der Waals surface area contributed by atoms with Crippen molar-refractivity contribution in [3.8, 4) is 11.5 Å². The summed E-state index contributed by atoms with van der Waals surface area (Å²) in [6.45, 7) is 2.29. The maximum Gasteiger partial charge on any atom is 0.303 e. The van der Waals surface area contributed by atoms with Crippen LogP contribution in [0, 0.1) is 0 Å². The quantitative estimate of drug-likeness (QED) is 0.248. The van der Waals surface area contributed by atoms with Crippen LogP contribution in [-0.4, -0.2) is 25.3 Å². The highest BCUT2D eigenvalue weighted by atomic mass is 16.5. The third kappa shape index (κ3) is 8.42. The molecule has 0 unspecified atom stereocenters. The molecule has 182 valence electrons.